The molecule has 0 radical (unpaired) electrons. The van der Waals surface area contributed by atoms with Crippen molar-refractivity contribution in [2.75, 3.05) is 0 Å². The highest BCUT2D eigenvalue weighted by atomic mass is 79.9. The summed E-state index contributed by atoms with van der Waals surface area (Å²) in [5, 5.41) is 3.42. The lowest BCUT2D eigenvalue weighted by atomic mass is 10.1. The first-order valence-electron chi connectivity index (χ1n) is 5.88. The third-order valence-electron chi connectivity index (χ3n) is 2.87. The summed E-state index contributed by atoms with van der Waals surface area (Å²) in [4.78, 5) is 0. The molecule has 1 nitrogen and oxygen atoms in total. The molecule has 0 saturated carbocycles. The van der Waals surface area contributed by atoms with Crippen LogP contribution in [0.1, 0.15) is 24.1 Å². The van der Waals surface area contributed by atoms with Crippen LogP contribution in [0.3, 0.4) is 0 Å². The predicted octanol–water partition coefficient (Wildman–Crippen LogP) is 4.86. The van der Waals surface area contributed by atoms with Crippen molar-refractivity contribution in [2.45, 2.75) is 19.5 Å². The van der Waals surface area contributed by atoms with E-state index in [4.69, 9.17) is 0 Å². The van der Waals surface area contributed by atoms with E-state index >= 15 is 0 Å². The zero-order chi connectivity index (χ0) is 13.0. The second kappa shape index (κ2) is 7.63. The van der Waals surface area contributed by atoms with E-state index in [2.05, 4.69) is 40.3 Å². The van der Waals surface area contributed by atoms with Gasteiger partial charge in [-0.2, -0.15) is 0 Å². The molecular formula is C15H16BrClFN. The summed E-state index contributed by atoms with van der Waals surface area (Å²) in [6.45, 7) is 2.85. The van der Waals surface area contributed by atoms with Crippen LogP contribution >= 0.6 is 28.3 Å². The van der Waals surface area contributed by atoms with Crippen LogP contribution in [0.5, 0.6) is 0 Å². The normalized spacial score (nSPS) is 11.7. The standard InChI is InChI=1S/C15H15BrFN.ClH/c1-11(13-3-2-4-14(16)9-13)18-10-12-5-7-15(17)8-6-12;/h2-9,11,18H,10H2,1H3;1H/t11-;/m0./s1. The minimum absolute atomic E-state index is 0. The Kier molecular flexibility index (Phi) is 6.49. The van der Waals surface area contributed by atoms with Gasteiger partial charge in [0.05, 0.1) is 0 Å². The minimum Gasteiger partial charge on any atom is -0.306 e. The highest BCUT2D eigenvalue weighted by molar-refractivity contribution is 9.10. The van der Waals surface area contributed by atoms with Gasteiger partial charge in [0.25, 0.3) is 0 Å². The Labute approximate surface area is 127 Å². The van der Waals surface area contributed by atoms with Gasteiger partial charge in [0.1, 0.15) is 5.82 Å². The van der Waals surface area contributed by atoms with Crippen molar-refractivity contribution in [1.29, 1.82) is 0 Å². The van der Waals surface area contributed by atoms with Crippen molar-refractivity contribution in [3.8, 4) is 0 Å². The quantitative estimate of drug-likeness (QED) is 0.835. The molecular weight excluding hydrogens is 329 g/mol. The number of benzene rings is 2. The first-order chi connectivity index (χ1) is 8.65. The lowest BCUT2D eigenvalue weighted by Gasteiger charge is -2.14. The van der Waals surface area contributed by atoms with Crippen molar-refractivity contribution in [2.24, 2.45) is 0 Å². The maximum absolute atomic E-state index is 12.8. The molecule has 0 aliphatic heterocycles. The van der Waals surface area contributed by atoms with Gasteiger partial charge in [-0.25, -0.2) is 4.39 Å². The Morgan fingerprint density at radius 2 is 1.84 bits per heavy atom. The predicted molar refractivity (Wildman–Crippen MR) is 83.0 cm³/mol. The highest BCUT2D eigenvalue weighted by Gasteiger charge is 2.05. The number of hydrogen-bond acceptors (Lipinski definition) is 1. The Balaban J connectivity index is 0.00000180. The average Bonchev–Trinajstić information content (AvgIpc) is 2.38. The molecule has 0 bridgehead atoms. The van der Waals surface area contributed by atoms with E-state index in [1.54, 1.807) is 12.1 Å². The first-order valence-corrected chi connectivity index (χ1v) is 6.68. The van der Waals surface area contributed by atoms with Gasteiger partial charge in [-0.15, -0.1) is 12.4 Å². The molecule has 0 spiro atoms. The van der Waals surface area contributed by atoms with Crippen LogP contribution in [-0.2, 0) is 6.54 Å². The zero-order valence-corrected chi connectivity index (χ0v) is 13.0. The molecule has 102 valence electrons. The van der Waals surface area contributed by atoms with Crippen LogP contribution in [-0.4, -0.2) is 0 Å². The molecule has 4 heteroatoms. The summed E-state index contributed by atoms with van der Waals surface area (Å²) >= 11 is 3.46. The molecule has 0 amide bonds. The van der Waals surface area contributed by atoms with Gasteiger partial charge >= 0.3 is 0 Å². The molecule has 1 N–H and O–H groups in total. The second-order valence-corrected chi connectivity index (χ2v) is 5.20. The summed E-state index contributed by atoms with van der Waals surface area (Å²) in [5.41, 5.74) is 2.31. The van der Waals surface area contributed by atoms with E-state index in [9.17, 15) is 4.39 Å². The highest BCUT2D eigenvalue weighted by Crippen LogP contribution is 2.18. The van der Waals surface area contributed by atoms with Crippen molar-refractivity contribution in [1.82, 2.24) is 5.32 Å². The fourth-order valence-corrected chi connectivity index (χ4v) is 2.18. The number of hydrogen-bond donors (Lipinski definition) is 1. The summed E-state index contributed by atoms with van der Waals surface area (Å²) in [6, 6.07) is 15.1. The number of nitrogens with one attached hydrogen (secondary N) is 1. The van der Waals surface area contributed by atoms with Crippen LogP contribution < -0.4 is 5.32 Å². The Morgan fingerprint density at radius 1 is 1.16 bits per heavy atom. The fourth-order valence-electron chi connectivity index (χ4n) is 1.77. The van der Waals surface area contributed by atoms with E-state index in [0.29, 0.717) is 0 Å². The van der Waals surface area contributed by atoms with Gasteiger partial charge in [-0.3, -0.25) is 0 Å². The largest absolute Gasteiger partial charge is 0.306 e. The topological polar surface area (TPSA) is 12.0 Å². The zero-order valence-electron chi connectivity index (χ0n) is 10.6. The summed E-state index contributed by atoms with van der Waals surface area (Å²) in [5.74, 6) is -0.196. The molecule has 2 rings (SSSR count). The van der Waals surface area contributed by atoms with E-state index in [-0.39, 0.29) is 24.3 Å². The van der Waals surface area contributed by atoms with E-state index in [0.717, 1.165) is 16.6 Å². The van der Waals surface area contributed by atoms with Gasteiger partial charge in [-0.05, 0) is 42.3 Å². The Morgan fingerprint density at radius 3 is 2.47 bits per heavy atom. The maximum atomic E-state index is 12.8. The van der Waals surface area contributed by atoms with Crippen molar-refractivity contribution in [3.63, 3.8) is 0 Å². The molecule has 1 atom stereocenters. The number of rotatable bonds is 4. The van der Waals surface area contributed by atoms with Gasteiger partial charge in [0, 0.05) is 17.1 Å². The SMILES string of the molecule is C[C@H](NCc1ccc(F)cc1)c1cccc(Br)c1.Cl. The molecule has 0 unspecified atom stereocenters. The molecule has 2 aromatic rings. The summed E-state index contributed by atoms with van der Waals surface area (Å²) < 4.78 is 13.8. The van der Waals surface area contributed by atoms with Crippen LogP contribution in [0.4, 0.5) is 4.39 Å². The average molecular weight is 345 g/mol. The van der Waals surface area contributed by atoms with Gasteiger partial charge in [0.15, 0.2) is 0 Å². The monoisotopic (exact) mass is 343 g/mol. The summed E-state index contributed by atoms with van der Waals surface area (Å²) in [6.07, 6.45) is 0. The molecule has 0 heterocycles. The Hall–Kier alpha value is -0.900. The molecule has 0 fully saturated rings. The van der Waals surface area contributed by atoms with Gasteiger partial charge in [0.2, 0.25) is 0 Å². The lowest BCUT2D eigenvalue weighted by Crippen LogP contribution is -2.18. The second-order valence-electron chi connectivity index (χ2n) is 4.28. The van der Waals surface area contributed by atoms with Crippen LogP contribution in [0.25, 0.3) is 0 Å². The van der Waals surface area contributed by atoms with Crippen molar-refractivity contribution < 1.29 is 4.39 Å². The van der Waals surface area contributed by atoms with Gasteiger partial charge in [-0.1, -0.05) is 40.2 Å². The van der Waals surface area contributed by atoms with Crippen molar-refractivity contribution >= 4 is 28.3 Å². The van der Waals surface area contributed by atoms with Crippen LogP contribution in [0, 0.1) is 5.82 Å². The Bertz CT molecular complexity index is 516. The van der Waals surface area contributed by atoms with Gasteiger partial charge < -0.3 is 5.32 Å². The molecule has 2 aromatic carbocycles. The molecule has 19 heavy (non-hydrogen) atoms. The third kappa shape index (κ3) is 4.94. The first kappa shape index (κ1) is 16.2. The molecule has 0 saturated heterocycles. The molecule has 0 aliphatic rings. The maximum Gasteiger partial charge on any atom is 0.123 e. The molecule has 0 aromatic heterocycles. The lowest BCUT2D eigenvalue weighted by molar-refractivity contribution is 0.572. The van der Waals surface area contributed by atoms with E-state index in [1.807, 2.05) is 12.1 Å². The van der Waals surface area contributed by atoms with Crippen molar-refractivity contribution in [3.05, 3.63) is 69.9 Å². The fraction of sp³-hybridized carbons (Fsp3) is 0.200. The molecule has 0 aliphatic carbocycles. The smallest absolute Gasteiger partial charge is 0.123 e. The van der Waals surface area contributed by atoms with E-state index < -0.39 is 0 Å². The van der Waals surface area contributed by atoms with Crippen LogP contribution in [0.2, 0.25) is 0 Å². The van der Waals surface area contributed by atoms with E-state index in [1.165, 1.54) is 17.7 Å². The minimum atomic E-state index is -0.196. The third-order valence-corrected chi connectivity index (χ3v) is 3.37. The van der Waals surface area contributed by atoms with Crippen LogP contribution in [0.15, 0.2) is 53.0 Å². The summed E-state index contributed by atoms with van der Waals surface area (Å²) in [7, 11) is 0. The number of halogens is 3.